The number of halogens is 1. The maximum atomic E-state index is 4.19. The zero-order valence-electron chi connectivity index (χ0n) is 12.9. The van der Waals surface area contributed by atoms with Crippen molar-refractivity contribution >= 4 is 15.9 Å². The molecule has 5 nitrogen and oxygen atoms in total. The molecular formula is C15H22BrN5. The monoisotopic (exact) mass is 351 g/mol. The Bertz CT molecular complexity index is 581. The number of hydrogen-bond acceptors (Lipinski definition) is 4. The van der Waals surface area contributed by atoms with Gasteiger partial charge >= 0.3 is 0 Å². The summed E-state index contributed by atoms with van der Waals surface area (Å²) in [5.41, 5.74) is 1.17. The molecule has 114 valence electrons. The third-order valence-electron chi connectivity index (χ3n) is 3.44. The maximum absolute atomic E-state index is 4.19. The van der Waals surface area contributed by atoms with E-state index in [0.717, 1.165) is 16.8 Å². The Morgan fingerprint density at radius 3 is 2.67 bits per heavy atom. The highest BCUT2D eigenvalue weighted by Gasteiger charge is 2.19. The molecule has 6 heteroatoms. The van der Waals surface area contributed by atoms with Crippen molar-refractivity contribution in [3.05, 3.63) is 40.1 Å². The molecule has 2 unspecified atom stereocenters. The predicted molar refractivity (Wildman–Crippen MR) is 87.0 cm³/mol. The van der Waals surface area contributed by atoms with E-state index in [0.29, 0.717) is 5.92 Å². The molecule has 0 amide bonds. The fourth-order valence-corrected chi connectivity index (χ4v) is 2.59. The number of rotatable bonds is 6. The van der Waals surface area contributed by atoms with E-state index in [1.165, 1.54) is 5.56 Å². The third kappa shape index (κ3) is 4.11. The van der Waals surface area contributed by atoms with E-state index in [-0.39, 0.29) is 12.1 Å². The lowest BCUT2D eigenvalue weighted by atomic mass is 10.1. The third-order valence-corrected chi connectivity index (χ3v) is 3.93. The van der Waals surface area contributed by atoms with Gasteiger partial charge in [-0.05, 0) is 54.4 Å². The smallest absolute Gasteiger partial charge is 0.168 e. The van der Waals surface area contributed by atoms with E-state index in [1.807, 2.05) is 16.8 Å². The van der Waals surface area contributed by atoms with Crippen molar-refractivity contribution in [2.45, 2.75) is 39.8 Å². The average Bonchev–Trinajstić information content (AvgIpc) is 2.93. The molecule has 0 aliphatic heterocycles. The van der Waals surface area contributed by atoms with Gasteiger partial charge in [0.05, 0.1) is 12.1 Å². The number of hydrogen-bond donors (Lipinski definition) is 1. The summed E-state index contributed by atoms with van der Waals surface area (Å²) in [6.45, 7) is 9.52. The zero-order chi connectivity index (χ0) is 15.4. The lowest BCUT2D eigenvalue weighted by Gasteiger charge is -2.19. The van der Waals surface area contributed by atoms with E-state index in [2.05, 4.69) is 76.6 Å². The van der Waals surface area contributed by atoms with Crippen molar-refractivity contribution < 1.29 is 0 Å². The van der Waals surface area contributed by atoms with Crippen LogP contribution in [-0.4, -0.2) is 26.8 Å². The standard InChI is InChI=1S/C15H22BrN5/c1-10(2)9-17-11(3)15-18-19-20-21(15)12(4)13-6-5-7-14(16)8-13/h5-8,10-12,17H,9H2,1-4H3. The summed E-state index contributed by atoms with van der Waals surface area (Å²) in [6.07, 6.45) is 0. The highest BCUT2D eigenvalue weighted by atomic mass is 79.9. The fourth-order valence-electron chi connectivity index (χ4n) is 2.17. The van der Waals surface area contributed by atoms with Gasteiger partial charge in [-0.1, -0.05) is 41.9 Å². The Labute approximate surface area is 134 Å². The second-order valence-electron chi connectivity index (χ2n) is 5.74. The van der Waals surface area contributed by atoms with Crippen molar-refractivity contribution in [1.29, 1.82) is 0 Å². The molecule has 1 heterocycles. The first-order chi connectivity index (χ1) is 9.99. The minimum absolute atomic E-state index is 0.0933. The van der Waals surface area contributed by atoms with Crippen LogP contribution in [-0.2, 0) is 0 Å². The minimum atomic E-state index is 0.0933. The highest BCUT2D eigenvalue weighted by molar-refractivity contribution is 9.10. The Balaban J connectivity index is 2.19. The molecule has 2 rings (SSSR count). The maximum Gasteiger partial charge on any atom is 0.168 e. The van der Waals surface area contributed by atoms with Crippen LogP contribution >= 0.6 is 15.9 Å². The summed E-state index contributed by atoms with van der Waals surface area (Å²) >= 11 is 3.51. The highest BCUT2D eigenvalue weighted by Crippen LogP contribution is 2.23. The molecule has 0 aliphatic rings. The van der Waals surface area contributed by atoms with Gasteiger partial charge in [0.25, 0.3) is 0 Å². The number of aromatic nitrogens is 4. The first-order valence-corrected chi connectivity index (χ1v) is 8.05. The summed E-state index contributed by atoms with van der Waals surface area (Å²) < 4.78 is 2.95. The number of nitrogens with one attached hydrogen (secondary N) is 1. The SMILES string of the molecule is CC(C)CNC(C)c1nnnn1C(C)c1cccc(Br)c1. The van der Waals surface area contributed by atoms with Crippen LogP contribution in [0.4, 0.5) is 0 Å². The molecule has 21 heavy (non-hydrogen) atoms. The van der Waals surface area contributed by atoms with E-state index in [4.69, 9.17) is 0 Å². The van der Waals surface area contributed by atoms with E-state index < -0.39 is 0 Å². The second-order valence-corrected chi connectivity index (χ2v) is 6.65. The quantitative estimate of drug-likeness (QED) is 0.866. The van der Waals surface area contributed by atoms with Crippen LogP contribution in [0.15, 0.2) is 28.7 Å². The Kier molecular flexibility index (Phi) is 5.47. The molecule has 0 fully saturated rings. The summed E-state index contributed by atoms with van der Waals surface area (Å²) in [5, 5.41) is 15.7. The predicted octanol–water partition coefficient (Wildman–Crippen LogP) is 3.35. The molecule has 0 spiro atoms. The van der Waals surface area contributed by atoms with Gasteiger partial charge < -0.3 is 5.32 Å². The van der Waals surface area contributed by atoms with Crippen molar-refractivity contribution in [2.24, 2.45) is 5.92 Å². The largest absolute Gasteiger partial charge is 0.307 e. The zero-order valence-corrected chi connectivity index (χ0v) is 14.5. The van der Waals surface area contributed by atoms with E-state index in [9.17, 15) is 0 Å². The number of tetrazole rings is 1. The molecule has 1 aromatic carbocycles. The van der Waals surface area contributed by atoms with Gasteiger partial charge in [0.2, 0.25) is 0 Å². The number of benzene rings is 1. The molecule has 0 saturated heterocycles. The number of nitrogens with zero attached hydrogens (tertiary/aromatic N) is 4. The van der Waals surface area contributed by atoms with Gasteiger partial charge in [-0.3, -0.25) is 0 Å². The molecule has 1 N–H and O–H groups in total. The summed E-state index contributed by atoms with van der Waals surface area (Å²) in [5.74, 6) is 1.46. The van der Waals surface area contributed by atoms with Crippen molar-refractivity contribution in [3.63, 3.8) is 0 Å². The molecule has 2 atom stereocenters. The fraction of sp³-hybridized carbons (Fsp3) is 0.533. The van der Waals surface area contributed by atoms with Crippen molar-refractivity contribution in [1.82, 2.24) is 25.5 Å². The van der Waals surface area contributed by atoms with Crippen LogP contribution in [0.3, 0.4) is 0 Å². The van der Waals surface area contributed by atoms with Crippen LogP contribution in [0.25, 0.3) is 0 Å². The molecule has 2 aromatic rings. The molecule has 1 aromatic heterocycles. The Morgan fingerprint density at radius 2 is 2.00 bits per heavy atom. The lowest BCUT2D eigenvalue weighted by Crippen LogP contribution is -2.27. The van der Waals surface area contributed by atoms with Crippen LogP contribution in [0, 0.1) is 5.92 Å². The van der Waals surface area contributed by atoms with Crippen LogP contribution < -0.4 is 5.32 Å². The van der Waals surface area contributed by atoms with Crippen molar-refractivity contribution in [3.8, 4) is 0 Å². The van der Waals surface area contributed by atoms with Crippen LogP contribution in [0.2, 0.25) is 0 Å². The first-order valence-electron chi connectivity index (χ1n) is 7.25. The second kappa shape index (κ2) is 7.13. The molecule has 0 radical (unpaired) electrons. The van der Waals surface area contributed by atoms with Crippen molar-refractivity contribution in [2.75, 3.05) is 6.54 Å². The van der Waals surface area contributed by atoms with Crippen LogP contribution in [0.5, 0.6) is 0 Å². The van der Waals surface area contributed by atoms with Gasteiger partial charge in [-0.2, -0.15) is 0 Å². The normalized spacial score (nSPS) is 14.4. The Morgan fingerprint density at radius 1 is 1.24 bits per heavy atom. The van der Waals surface area contributed by atoms with Gasteiger partial charge in [0.1, 0.15) is 0 Å². The topological polar surface area (TPSA) is 55.6 Å². The van der Waals surface area contributed by atoms with Gasteiger partial charge in [-0.25, -0.2) is 4.68 Å². The minimum Gasteiger partial charge on any atom is -0.307 e. The van der Waals surface area contributed by atoms with Crippen LogP contribution in [0.1, 0.15) is 51.2 Å². The summed E-state index contributed by atoms with van der Waals surface area (Å²) in [4.78, 5) is 0. The average molecular weight is 352 g/mol. The molecule has 0 saturated carbocycles. The summed E-state index contributed by atoms with van der Waals surface area (Å²) in [7, 11) is 0. The van der Waals surface area contributed by atoms with Gasteiger partial charge in [-0.15, -0.1) is 5.10 Å². The molecule has 0 aliphatic carbocycles. The van der Waals surface area contributed by atoms with Gasteiger partial charge in [0.15, 0.2) is 5.82 Å². The Hall–Kier alpha value is -1.27. The summed E-state index contributed by atoms with van der Waals surface area (Å²) in [6, 6.07) is 8.45. The molecular weight excluding hydrogens is 330 g/mol. The van der Waals surface area contributed by atoms with E-state index in [1.54, 1.807) is 0 Å². The lowest BCUT2D eigenvalue weighted by molar-refractivity contribution is 0.440. The van der Waals surface area contributed by atoms with E-state index >= 15 is 0 Å². The van der Waals surface area contributed by atoms with Gasteiger partial charge in [0, 0.05) is 4.47 Å². The first kappa shape index (κ1) is 16.1. The molecule has 0 bridgehead atoms.